The van der Waals surface area contributed by atoms with Gasteiger partial charge in [-0.3, -0.25) is 24.5 Å². The molecule has 0 bridgehead atoms. The van der Waals surface area contributed by atoms with Gasteiger partial charge in [-0.05, 0) is 37.0 Å². The summed E-state index contributed by atoms with van der Waals surface area (Å²) in [6, 6.07) is 3.56. The fraction of sp³-hybridized carbons (Fsp3) is 0.526. The van der Waals surface area contributed by atoms with E-state index in [1.165, 1.54) is 0 Å². The number of ether oxygens (including phenoxy) is 1. The summed E-state index contributed by atoms with van der Waals surface area (Å²) < 4.78 is 4.96. The lowest BCUT2D eigenvalue weighted by Crippen LogP contribution is -2.28. The van der Waals surface area contributed by atoms with E-state index in [2.05, 4.69) is 5.32 Å². The van der Waals surface area contributed by atoms with E-state index < -0.39 is 35.2 Å². The normalized spacial score (nSPS) is 21.4. The maximum Gasteiger partial charge on any atom is 0.307 e. The van der Waals surface area contributed by atoms with Crippen molar-refractivity contribution in [3.63, 3.8) is 0 Å². The van der Waals surface area contributed by atoms with Gasteiger partial charge in [0.2, 0.25) is 6.54 Å². The van der Waals surface area contributed by atoms with Crippen LogP contribution in [0.2, 0.25) is 5.02 Å². The third-order valence-electron chi connectivity index (χ3n) is 4.99. The Morgan fingerprint density at radius 1 is 1.36 bits per heavy atom. The van der Waals surface area contributed by atoms with Crippen molar-refractivity contribution >= 4 is 34.9 Å². The Morgan fingerprint density at radius 2 is 2.04 bits per heavy atom. The largest absolute Gasteiger partial charge is 0.456 e. The highest BCUT2D eigenvalue weighted by Gasteiger charge is 2.44. The van der Waals surface area contributed by atoms with Crippen LogP contribution in [-0.2, 0) is 19.1 Å². The molecule has 3 atom stereocenters. The Bertz CT molecular complexity index is 787. The molecule has 0 aliphatic heterocycles. The zero-order valence-electron chi connectivity index (χ0n) is 16.0. The van der Waals surface area contributed by atoms with Crippen LogP contribution in [0.5, 0.6) is 0 Å². The second-order valence-corrected chi connectivity index (χ2v) is 7.69. The molecule has 1 aliphatic rings. The Kier molecular flexibility index (Phi) is 7.12. The third kappa shape index (κ3) is 5.51. The predicted molar refractivity (Wildman–Crippen MR) is 103 cm³/mol. The van der Waals surface area contributed by atoms with Crippen molar-refractivity contribution in [2.45, 2.75) is 33.6 Å². The van der Waals surface area contributed by atoms with Crippen LogP contribution in [0, 0.1) is 41.7 Å². The average Bonchev–Trinajstić information content (AvgIpc) is 2.82. The molecule has 0 radical (unpaired) electrons. The average molecular weight is 411 g/mol. The minimum Gasteiger partial charge on any atom is -0.456 e. The molecule has 1 saturated carbocycles. The van der Waals surface area contributed by atoms with Crippen molar-refractivity contribution in [2.75, 3.05) is 18.5 Å². The number of nitrogens with one attached hydrogen (secondary N) is 1. The standard InChI is InChI=1S/C19H23ClN2O6/c1-10-4-12(3)19(15(20)5-10)21-17(24)9-28-18(25)7-13-14(8-22(26)27)11(2)6-16(13)23/h4-5,11,13-14H,6-9H2,1-3H3,(H,21,24)/t11-,13+,14-/m1/s1. The number of ketones is 1. The highest BCUT2D eigenvalue weighted by atomic mass is 35.5. The van der Waals surface area contributed by atoms with Gasteiger partial charge in [0.1, 0.15) is 5.78 Å². The maximum absolute atomic E-state index is 12.1. The number of nitrogens with zero attached hydrogens (tertiary/aromatic N) is 1. The van der Waals surface area contributed by atoms with Gasteiger partial charge in [0.05, 0.1) is 17.1 Å². The summed E-state index contributed by atoms with van der Waals surface area (Å²) in [5, 5.41) is 13.8. The van der Waals surface area contributed by atoms with Crippen molar-refractivity contribution in [3.05, 3.63) is 38.4 Å². The number of amides is 1. The number of benzene rings is 1. The lowest BCUT2D eigenvalue weighted by atomic mass is 9.88. The van der Waals surface area contributed by atoms with Crippen LogP contribution in [0.3, 0.4) is 0 Å². The smallest absolute Gasteiger partial charge is 0.307 e. The van der Waals surface area contributed by atoms with Crippen molar-refractivity contribution in [1.29, 1.82) is 0 Å². The number of carbonyl (C=O) groups is 3. The first-order valence-electron chi connectivity index (χ1n) is 8.95. The van der Waals surface area contributed by atoms with Gasteiger partial charge in [-0.25, -0.2) is 0 Å². The van der Waals surface area contributed by atoms with Gasteiger partial charge in [-0.15, -0.1) is 0 Å². The number of halogens is 1. The molecule has 1 aromatic carbocycles. The van der Waals surface area contributed by atoms with Crippen LogP contribution in [0.1, 0.15) is 30.9 Å². The number of rotatable bonds is 7. The van der Waals surface area contributed by atoms with E-state index in [4.69, 9.17) is 16.3 Å². The summed E-state index contributed by atoms with van der Waals surface area (Å²) in [5.41, 5.74) is 2.17. The molecule has 1 aliphatic carbocycles. The molecule has 8 nitrogen and oxygen atoms in total. The molecule has 1 amide bonds. The number of aryl methyl sites for hydroxylation is 2. The van der Waals surface area contributed by atoms with E-state index in [1.807, 2.05) is 13.0 Å². The van der Waals surface area contributed by atoms with Crippen LogP contribution in [0.4, 0.5) is 5.69 Å². The minimum atomic E-state index is -0.746. The van der Waals surface area contributed by atoms with E-state index in [0.717, 1.165) is 11.1 Å². The summed E-state index contributed by atoms with van der Waals surface area (Å²) in [6.07, 6.45) is -0.0542. The molecular formula is C19H23ClN2O6. The summed E-state index contributed by atoms with van der Waals surface area (Å²) >= 11 is 6.13. The molecule has 0 unspecified atom stereocenters. The van der Waals surface area contributed by atoms with E-state index in [9.17, 15) is 24.5 Å². The Morgan fingerprint density at radius 3 is 2.64 bits per heavy atom. The van der Waals surface area contributed by atoms with E-state index in [-0.39, 0.29) is 31.1 Å². The minimum absolute atomic E-state index is 0.161. The van der Waals surface area contributed by atoms with E-state index in [0.29, 0.717) is 10.7 Å². The molecule has 1 aromatic rings. The second-order valence-electron chi connectivity index (χ2n) is 7.29. The van der Waals surface area contributed by atoms with Crippen LogP contribution >= 0.6 is 11.6 Å². The molecule has 1 fully saturated rings. The summed E-state index contributed by atoms with van der Waals surface area (Å²) in [5.74, 6) is -2.88. The second kappa shape index (κ2) is 9.14. The van der Waals surface area contributed by atoms with Crippen LogP contribution < -0.4 is 5.32 Å². The molecule has 9 heteroatoms. The first kappa shape index (κ1) is 21.8. The zero-order chi connectivity index (χ0) is 21.0. The number of esters is 1. The highest BCUT2D eigenvalue weighted by molar-refractivity contribution is 6.34. The maximum atomic E-state index is 12.1. The van der Waals surface area contributed by atoms with Crippen LogP contribution in [-0.4, -0.2) is 35.7 Å². The number of hydrogen-bond donors (Lipinski definition) is 1. The van der Waals surface area contributed by atoms with Gasteiger partial charge in [-0.1, -0.05) is 24.6 Å². The molecular weight excluding hydrogens is 388 g/mol. The highest BCUT2D eigenvalue weighted by Crippen LogP contribution is 2.36. The van der Waals surface area contributed by atoms with Crippen molar-refractivity contribution in [2.24, 2.45) is 17.8 Å². The monoisotopic (exact) mass is 410 g/mol. The fourth-order valence-corrected chi connectivity index (χ4v) is 4.00. The Labute approximate surface area is 167 Å². The number of anilines is 1. The molecule has 28 heavy (non-hydrogen) atoms. The SMILES string of the molecule is Cc1cc(C)c(NC(=O)COC(=O)C[C@@H]2C(=O)C[C@@H](C)[C@H]2C[N+](=O)[O-])c(Cl)c1. The number of Topliss-reactive ketones (excluding diaryl/α,β-unsaturated/α-hetero) is 1. The van der Waals surface area contributed by atoms with Gasteiger partial charge in [-0.2, -0.15) is 0 Å². The van der Waals surface area contributed by atoms with Crippen molar-refractivity contribution in [1.82, 2.24) is 0 Å². The van der Waals surface area contributed by atoms with Crippen molar-refractivity contribution in [3.8, 4) is 0 Å². The molecule has 0 saturated heterocycles. The van der Waals surface area contributed by atoms with Gasteiger partial charge in [0.15, 0.2) is 6.61 Å². The van der Waals surface area contributed by atoms with Gasteiger partial charge in [0.25, 0.3) is 5.91 Å². The Balaban J connectivity index is 1.90. The lowest BCUT2D eigenvalue weighted by molar-refractivity contribution is -0.490. The van der Waals surface area contributed by atoms with Gasteiger partial charge in [0, 0.05) is 23.2 Å². The summed E-state index contributed by atoms with van der Waals surface area (Å²) in [7, 11) is 0. The van der Waals surface area contributed by atoms with E-state index in [1.54, 1.807) is 19.9 Å². The predicted octanol–water partition coefficient (Wildman–Crippen LogP) is 2.95. The van der Waals surface area contributed by atoms with Gasteiger partial charge >= 0.3 is 5.97 Å². The topological polar surface area (TPSA) is 116 Å². The summed E-state index contributed by atoms with van der Waals surface area (Å²) in [6.45, 7) is 4.54. The van der Waals surface area contributed by atoms with Crippen LogP contribution in [0.25, 0.3) is 0 Å². The summed E-state index contributed by atoms with van der Waals surface area (Å²) in [4.78, 5) is 46.5. The quantitative estimate of drug-likeness (QED) is 0.419. The molecule has 0 heterocycles. The van der Waals surface area contributed by atoms with Gasteiger partial charge < -0.3 is 10.1 Å². The van der Waals surface area contributed by atoms with Crippen LogP contribution in [0.15, 0.2) is 12.1 Å². The van der Waals surface area contributed by atoms with Crippen molar-refractivity contribution < 1.29 is 24.0 Å². The molecule has 0 spiro atoms. The molecule has 152 valence electrons. The molecule has 1 N–H and O–H groups in total. The lowest BCUT2D eigenvalue weighted by Gasteiger charge is -2.17. The molecule has 0 aromatic heterocycles. The third-order valence-corrected chi connectivity index (χ3v) is 5.29. The number of carbonyl (C=O) groups excluding carboxylic acids is 3. The molecule has 2 rings (SSSR count). The van der Waals surface area contributed by atoms with E-state index >= 15 is 0 Å². The Hall–Kier alpha value is -2.48. The fourth-order valence-electron chi connectivity index (χ4n) is 3.63. The first-order chi connectivity index (χ1) is 13.1. The first-order valence-corrected chi connectivity index (χ1v) is 9.33. The number of hydrogen-bond acceptors (Lipinski definition) is 6. The number of nitro groups is 1. The zero-order valence-corrected chi connectivity index (χ0v) is 16.7.